The van der Waals surface area contributed by atoms with E-state index in [-0.39, 0.29) is 11.7 Å². The molecule has 0 radical (unpaired) electrons. The van der Waals surface area contributed by atoms with Crippen molar-refractivity contribution in [3.8, 4) is 0 Å². The number of carbonyl (C=O) groups excluding carboxylic acids is 1. The third-order valence-corrected chi connectivity index (χ3v) is 5.10. The van der Waals surface area contributed by atoms with Crippen molar-refractivity contribution in [3.05, 3.63) is 41.7 Å². The number of rotatable bonds is 5. The van der Waals surface area contributed by atoms with E-state index in [4.69, 9.17) is 0 Å². The van der Waals surface area contributed by atoms with Gasteiger partial charge in [0.15, 0.2) is 5.16 Å². The summed E-state index contributed by atoms with van der Waals surface area (Å²) in [6.07, 6.45) is 1.99. The van der Waals surface area contributed by atoms with Gasteiger partial charge in [-0.1, -0.05) is 23.9 Å². The molecule has 0 saturated carbocycles. The minimum absolute atomic E-state index is 0.0732. The highest BCUT2D eigenvalue weighted by Gasteiger charge is 2.13. The van der Waals surface area contributed by atoms with E-state index in [1.807, 2.05) is 54.8 Å². The Morgan fingerprint density at radius 1 is 1.25 bits per heavy atom. The number of aromatic nitrogens is 4. The molecule has 0 fully saturated rings. The summed E-state index contributed by atoms with van der Waals surface area (Å²) in [6, 6.07) is 9.71. The lowest BCUT2D eigenvalue weighted by Crippen LogP contribution is -2.15. The van der Waals surface area contributed by atoms with Gasteiger partial charge in [-0.2, -0.15) is 0 Å². The van der Waals surface area contributed by atoms with Crippen molar-refractivity contribution in [2.24, 2.45) is 0 Å². The van der Waals surface area contributed by atoms with Crippen LogP contribution in [0.1, 0.15) is 11.4 Å². The SMILES string of the molecule is CSc1ccccc1NC(=O)CSc1nnc2nc(C)cc(C)n12. The molecule has 1 aromatic carbocycles. The maximum Gasteiger partial charge on any atom is 0.256 e. The first-order valence-corrected chi connectivity index (χ1v) is 9.54. The Bertz CT molecular complexity index is 893. The molecule has 2 aromatic heterocycles. The molecule has 1 N–H and O–H groups in total. The maximum absolute atomic E-state index is 12.2. The topological polar surface area (TPSA) is 72.2 Å². The molecule has 8 heteroatoms. The number of hydrogen-bond acceptors (Lipinski definition) is 6. The summed E-state index contributed by atoms with van der Waals surface area (Å²) >= 11 is 2.95. The van der Waals surface area contributed by atoms with E-state index in [1.54, 1.807) is 11.8 Å². The fourth-order valence-electron chi connectivity index (χ4n) is 2.36. The summed E-state index contributed by atoms with van der Waals surface area (Å²) in [4.78, 5) is 17.6. The number of thioether (sulfide) groups is 2. The molecule has 0 spiro atoms. The number of anilines is 1. The number of nitrogens with one attached hydrogen (secondary N) is 1. The van der Waals surface area contributed by atoms with Crippen molar-refractivity contribution in [3.63, 3.8) is 0 Å². The van der Waals surface area contributed by atoms with Gasteiger partial charge in [0.25, 0.3) is 5.78 Å². The molecular formula is C16H17N5OS2. The smallest absolute Gasteiger partial charge is 0.256 e. The van der Waals surface area contributed by atoms with Gasteiger partial charge in [0.2, 0.25) is 5.91 Å². The van der Waals surface area contributed by atoms with Gasteiger partial charge in [-0.25, -0.2) is 4.98 Å². The van der Waals surface area contributed by atoms with Crippen LogP contribution in [0.5, 0.6) is 0 Å². The van der Waals surface area contributed by atoms with Crippen molar-refractivity contribution < 1.29 is 4.79 Å². The van der Waals surface area contributed by atoms with Crippen molar-refractivity contribution in [2.45, 2.75) is 23.9 Å². The molecule has 3 rings (SSSR count). The van der Waals surface area contributed by atoms with Crippen molar-refractivity contribution in [1.82, 2.24) is 19.6 Å². The monoisotopic (exact) mass is 359 g/mol. The lowest BCUT2D eigenvalue weighted by Gasteiger charge is -2.09. The van der Waals surface area contributed by atoms with E-state index in [1.165, 1.54) is 11.8 Å². The van der Waals surface area contributed by atoms with E-state index < -0.39 is 0 Å². The van der Waals surface area contributed by atoms with Crippen molar-refractivity contribution >= 4 is 40.9 Å². The first kappa shape index (κ1) is 16.8. The van der Waals surface area contributed by atoms with Gasteiger partial charge in [-0.3, -0.25) is 9.20 Å². The summed E-state index contributed by atoms with van der Waals surface area (Å²) in [5, 5.41) is 11.8. The van der Waals surface area contributed by atoms with Crippen LogP contribution in [0.3, 0.4) is 0 Å². The van der Waals surface area contributed by atoms with Gasteiger partial charge in [-0.15, -0.1) is 22.0 Å². The van der Waals surface area contributed by atoms with Crippen LogP contribution in [0, 0.1) is 13.8 Å². The molecule has 0 aliphatic carbocycles. The zero-order valence-corrected chi connectivity index (χ0v) is 15.2. The lowest BCUT2D eigenvalue weighted by atomic mass is 10.3. The van der Waals surface area contributed by atoms with Crippen LogP contribution in [0.25, 0.3) is 5.78 Å². The van der Waals surface area contributed by atoms with Gasteiger partial charge in [0.05, 0.1) is 11.4 Å². The van der Waals surface area contributed by atoms with Crippen LogP contribution < -0.4 is 5.32 Å². The minimum Gasteiger partial charge on any atom is -0.324 e. The van der Waals surface area contributed by atoms with Crippen LogP contribution in [-0.2, 0) is 4.79 Å². The third-order valence-electron chi connectivity index (χ3n) is 3.38. The van der Waals surface area contributed by atoms with Gasteiger partial charge >= 0.3 is 0 Å². The molecule has 124 valence electrons. The van der Waals surface area contributed by atoms with E-state index in [0.717, 1.165) is 22.0 Å². The maximum atomic E-state index is 12.2. The second kappa shape index (κ2) is 7.23. The molecule has 24 heavy (non-hydrogen) atoms. The molecule has 2 heterocycles. The normalized spacial score (nSPS) is 11.0. The Morgan fingerprint density at radius 2 is 2.04 bits per heavy atom. The molecule has 1 amide bonds. The van der Waals surface area contributed by atoms with Crippen LogP contribution in [0.4, 0.5) is 5.69 Å². The van der Waals surface area contributed by atoms with E-state index in [2.05, 4.69) is 20.5 Å². The van der Waals surface area contributed by atoms with Crippen molar-refractivity contribution in [2.75, 3.05) is 17.3 Å². The predicted octanol–water partition coefficient (Wildman–Crippen LogP) is 3.19. The van der Waals surface area contributed by atoms with Crippen LogP contribution in [-0.4, -0.2) is 37.5 Å². The largest absolute Gasteiger partial charge is 0.324 e. The quantitative estimate of drug-likeness (QED) is 0.706. The molecule has 0 saturated heterocycles. The highest BCUT2D eigenvalue weighted by atomic mass is 32.2. The molecule has 0 atom stereocenters. The average Bonchev–Trinajstić information content (AvgIpc) is 2.96. The third kappa shape index (κ3) is 3.54. The fraction of sp³-hybridized carbons (Fsp3) is 0.250. The zero-order valence-electron chi connectivity index (χ0n) is 13.6. The highest BCUT2D eigenvalue weighted by molar-refractivity contribution is 7.99. The number of nitrogens with zero attached hydrogens (tertiary/aromatic N) is 4. The number of para-hydroxylation sites is 1. The molecule has 0 bridgehead atoms. The Kier molecular flexibility index (Phi) is 5.06. The Morgan fingerprint density at radius 3 is 2.83 bits per heavy atom. The predicted molar refractivity (Wildman–Crippen MR) is 97.8 cm³/mol. The Hall–Kier alpha value is -2.06. The fourth-order valence-corrected chi connectivity index (χ4v) is 3.70. The molecule has 0 aliphatic rings. The molecule has 3 aromatic rings. The van der Waals surface area contributed by atoms with Gasteiger partial charge in [-0.05, 0) is 38.3 Å². The van der Waals surface area contributed by atoms with Crippen LogP contribution in [0.15, 0.2) is 40.4 Å². The number of aryl methyl sites for hydroxylation is 2. The molecule has 6 nitrogen and oxygen atoms in total. The number of amides is 1. The summed E-state index contributed by atoms with van der Waals surface area (Å²) in [5.74, 6) is 0.746. The van der Waals surface area contributed by atoms with E-state index in [9.17, 15) is 4.79 Å². The molecule has 0 aliphatic heterocycles. The number of hydrogen-bond donors (Lipinski definition) is 1. The summed E-state index contributed by atoms with van der Waals surface area (Å²) in [7, 11) is 0. The van der Waals surface area contributed by atoms with Gasteiger partial charge in [0, 0.05) is 16.3 Å². The zero-order chi connectivity index (χ0) is 17.1. The Labute approximate surface area is 148 Å². The number of carbonyl (C=O) groups is 1. The number of benzene rings is 1. The van der Waals surface area contributed by atoms with Crippen molar-refractivity contribution in [1.29, 1.82) is 0 Å². The average molecular weight is 359 g/mol. The standard InChI is InChI=1S/C16H17N5OS2/c1-10-8-11(2)21-15(17-10)19-20-16(21)24-9-14(22)18-12-6-4-5-7-13(12)23-3/h4-8H,9H2,1-3H3,(H,18,22). The summed E-state index contributed by atoms with van der Waals surface area (Å²) in [5.41, 5.74) is 2.73. The van der Waals surface area contributed by atoms with Crippen LogP contribution in [0.2, 0.25) is 0 Å². The second-order valence-electron chi connectivity index (χ2n) is 5.19. The first-order chi connectivity index (χ1) is 11.6. The number of fused-ring (bicyclic) bond motifs is 1. The second-order valence-corrected chi connectivity index (χ2v) is 6.98. The summed E-state index contributed by atoms with van der Waals surface area (Å²) < 4.78 is 1.86. The lowest BCUT2D eigenvalue weighted by molar-refractivity contribution is -0.113. The first-order valence-electron chi connectivity index (χ1n) is 7.33. The Balaban J connectivity index is 1.71. The molecule has 0 unspecified atom stereocenters. The van der Waals surface area contributed by atoms with Gasteiger partial charge < -0.3 is 5.32 Å². The minimum atomic E-state index is -0.0732. The summed E-state index contributed by atoms with van der Waals surface area (Å²) in [6.45, 7) is 3.90. The highest BCUT2D eigenvalue weighted by Crippen LogP contribution is 2.25. The van der Waals surface area contributed by atoms with E-state index >= 15 is 0 Å². The van der Waals surface area contributed by atoms with Crippen LogP contribution >= 0.6 is 23.5 Å². The molecular weight excluding hydrogens is 342 g/mol. The van der Waals surface area contributed by atoms with Gasteiger partial charge in [0.1, 0.15) is 0 Å². The van der Waals surface area contributed by atoms with E-state index in [0.29, 0.717) is 10.9 Å².